The normalized spacial score (nSPS) is 23.3. The zero-order chi connectivity index (χ0) is 20.1. The van der Waals surface area contributed by atoms with Crippen LogP contribution in [0.4, 0.5) is 11.4 Å². The number of nitrogens with one attached hydrogen (secondary N) is 3. The fourth-order valence-corrected chi connectivity index (χ4v) is 4.18. The summed E-state index contributed by atoms with van der Waals surface area (Å²) in [6.45, 7) is 9.26. The lowest BCUT2D eigenvalue weighted by Gasteiger charge is -2.31. The molecule has 1 fully saturated rings. The predicted octanol–water partition coefficient (Wildman–Crippen LogP) is 3.88. The van der Waals surface area contributed by atoms with Gasteiger partial charge >= 0.3 is 0 Å². The SMILES string of the molecule is CC1CNC(=O)C2Nc3ccc(C(=O)Nc4cccc(C(C)(C)C)c4)cc3C12. The third kappa shape index (κ3) is 3.26. The molecular formula is C23H27N3O2. The Morgan fingerprint density at radius 2 is 1.93 bits per heavy atom. The topological polar surface area (TPSA) is 70.2 Å². The van der Waals surface area contributed by atoms with E-state index in [2.05, 4.69) is 49.7 Å². The molecule has 1 saturated heterocycles. The molecule has 2 aliphatic rings. The van der Waals surface area contributed by atoms with Gasteiger partial charge in [-0.15, -0.1) is 0 Å². The zero-order valence-corrected chi connectivity index (χ0v) is 16.8. The van der Waals surface area contributed by atoms with Gasteiger partial charge in [-0.1, -0.05) is 39.8 Å². The van der Waals surface area contributed by atoms with Gasteiger partial charge < -0.3 is 16.0 Å². The largest absolute Gasteiger partial charge is 0.373 e. The lowest BCUT2D eigenvalue weighted by Crippen LogP contribution is -2.49. The number of hydrogen-bond acceptors (Lipinski definition) is 3. The van der Waals surface area contributed by atoms with Crippen molar-refractivity contribution in [2.75, 3.05) is 17.2 Å². The predicted molar refractivity (Wildman–Crippen MR) is 112 cm³/mol. The molecule has 3 N–H and O–H groups in total. The zero-order valence-electron chi connectivity index (χ0n) is 16.8. The molecule has 0 aromatic heterocycles. The first kappa shape index (κ1) is 18.5. The molecule has 0 aliphatic carbocycles. The molecule has 2 heterocycles. The number of carbonyl (C=O) groups is 2. The maximum Gasteiger partial charge on any atom is 0.255 e. The van der Waals surface area contributed by atoms with Crippen molar-refractivity contribution in [1.29, 1.82) is 0 Å². The summed E-state index contributed by atoms with van der Waals surface area (Å²) in [7, 11) is 0. The van der Waals surface area contributed by atoms with Crippen LogP contribution in [0.5, 0.6) is 0 Å². The van der Waals surface area contributed by atoms with Crippen LogP contribution in [0.25, 0.3) is 0 Å². The molecule has 0 spiro atoms. The van der Waals surface area contributed by atoms with Crippen molar-refractivity contribution < 1.29 is 9.59 Å². The fraction of sp³-hybridized carbons (Fsp3) is 0.391. The summed E-state index contributed by atoms with van der Waals surface area (Å²) in [6, 6.07) is 13.4. The monoisotopic (exact) mass is 377 g/mol. The highest BCUT2D eigenvalue weighted by atomic mass is 16.2. The highest BCUT2D eigenvalue weighted by Gasteiger charge is 2.43. The van der Waals surface area contributed by atoms with Crippen LogP contribution in [-0.4, -0.2) is 24.4 Å². The van der Waals surface area contributed by atoms with Crippen molar-refractivity contribution in [2.45, 2.75) is 45.1 Å². The quantitative estimate of drug-likeness (QED) is 0.744. The van der Waals surface area contributed by atoms with Crippen molar-refractivity contribution in [2.24, 2.45) is 5.92 Å². The summed E-state index contributed by atoms with van der Waals surface area (Å²) >= 11 is 0. The van der Waals surface area contributed by atoms with Gasteiger partial charge in [0, 0.05) is 29.4 Å². The Kier molecular flexibility index (Phi) is 4.41. The van der Waals surface area contributed by atoms with Gasteiger partial charge in [-0.05, 0) is 52.8 Å². The van der Waals surface area contributed by atoms with Gasteiger partial charge in [-0.3, -0.25) is 9.59 Å². The molecule has 3 unspecified atom stereocenters. The van der Waals surface area contributed by atoms with Crippen LogP contribution in [0.3, 0.4) is 0 Å². The average Bonchev–Trinajstić information content (AvgIpc) is 3.04. The van der Waals surface area contributed by atoms with Crippen molar-refractivity contribution in [3.63, 3.8) is 0 Å². The number of benzene rings is 2. The molecular weight excluding hydrogens is 350 g/mol. The first-order valence-corrected chi connectivity index (χ1v) is 9.84. The van der Waals surface area contributed by atoms with Crippen molar-refractivity contribution in [3.05, 3.63) is 59.2 Å². The number of amides is 2. The van der Waals surface area contributed by atoms with E-state index in [-0.39, 0.29) is 29.2 Å². The fourth-order valence-electron chi connectivity index (χ4n) is 4.18. The molecule has 5 heteroatoms. The van der Waals surface area contributed by atoms with Gasteiger partial charge in [0.05, 0.1) is 0 Å². The number of piperidine rings is 1. The van der Waals surface area contributed by atoms with E-state index in [1.54, 1.807) is 0 Å². The molecule has 2 aliphatic heterocycles. The molecule has 4 rings (SSSR count). The third-order valence-corrected chi connectivity index (χ3v) is 5.82. The van der Waals surface area contributed by atoms with E-state index in [1.165, 1.54) is 5.56 Å². The van der Waals surface area contributed by atoms with Gasteiger partial charge in [0.25, 0.3) is 5.91 Å². The Hall–Kier alpha value is -2.82. The summed E-state index contributed by atoms with van der Waals surface area (Å²) in [5.74, 6) is 0.313. The Bertz CT molecular complexity index is 945. The van der Waals surface area contributed by atoms with Gasteiger partial charge in [-0.25, -0.2) is 0 Å². The van der Waals surface area contributed by atoms with Crippen LogP contribution in [-0.2, 0) is 10.2 Å². The molecule has 3 atom stereocenters. The molecule has 0 radical (unpaired) electrons. The summed E-state index contributed by atoms with van der Waals surface area (Å²) in [6.07, 6.45) is 0. The third-order valence-electron chi connectivity index (χ3n) is 5.82. The summed E-state index contributed by atoms with van der Waals surface area (Å²) in [4.78, 5) is 25.1. The molecule has 0 saturated carbocycles. The maximum absolute atomic E-state index is 12.9. The van der Waals surface area contributed by atoms with E-state index in [9.17, 15) is 9.59 Å². The highest BCUT2D eigenvalue weighted by molar-refractivity contribution is 6.05. The van der Waals surface area contributed by atoms with E-state index in [1.807, 2.05) is 36.4 Å². The standard InChI is InChI=1S/C23H27N3O2/c1-13-12-24-22(28)20-19(13)17-10-14(8-9-18(17)26-20)21(27)25-16-7-5-6-15(11-16)23(2,3)4/h5-11,13,19-20,26H,12H2,1-4H3,(H,24,28)(H,25,27). The van der Waals surface area contributed by atoms with E-state index in [4.69, 9.17) is 0 Å². The van der Waals surface area contributed by atoms with Gasteiger partial charge in [0.2, 0.25) is 5.91 Å². The second-order valence-electron chi connectivity index (χ2n) is 8.96. The average molecular weight is 377 g/mol. The van der Waals surface area contributed by atoms with E-state index < -0.39 is 0 Å². The minimum absolute atomic E-state index is 0.0205. The Balaban J connectivity index is 1.59. The van der Waals surface area contributed by atoms with E-state index in [0.717, 1.165) is 16.9 Å². The minimum atomic E-state index is -0.250. The molecule has 0 bridgehead atoms. The molecule has 2 amide bonds. The highest BCUT2D eigenvalue weighted by Crippen LogP contribution is 2.42. The van der Waals surface area contributed by atoms with E-state index in [0.29, 0.717) is 18.0 Å². The molecule has 28 heavy (non-hydrogen) atoms. The lowest BCUT2D eigenvalue weighted by atomic mass is 9.80. The Morgan fingerprint density at radius 1 is 1.14 bits per heavy atom. The maximum atomic E-state index is 12.9. The summed E-state index contributed by atoms with van der Waals surface area (Å²) in [5, 5.41) is 9.27. The van der Waals surface area contributed by atoms with Crippen LogP contribution in [0.15, 0.2) is 42.5 Å². The molecule has 5 nitrogen and oxygen atoms in total. The second kappa shape index (κ2) is 6.66. The second-order valence-corrected chi connectivity index (χ2v) is 8.96. The van der Waals surface area contributed by atoms with Crippen LogP contribution < -0.4 is 16.0 Å². The Labute approximate surface area is 165 Å². The molecule has 2 aromatic rings. The van der Waals surface area contributed by atoms with Crippen molar-refractivity contribution >= 4 is 23.2 Å². The summed E-state index contributed by atoms with van der Waals surface area (Å²) < 4.78 is 0. The first-order valence-electron chi connectivity index (χ1n) is 9.84. The number of rotatable bonds is 2. The minimum Gasteiger partial charge on any atom is -0.373 e. The van der Waals surface area contributed by atoms with Crippen LogP contribution in [0.1, 0.15) is 55.1 Å². The van der Waals surface area contributed by atoms with Gasteiger partial charge in [0.15, 0.2) is 0 Å². The van der Waals surface area contributed by atoms with Crippen LogP contribution >= 0.6 is 0 Å². The summed E-state index contributed by atoms with van der Waals surface area (Å²) in [5.41, 5.74) is 4.61. The van der Waals surface area contributed by atoms with Gasteiger partial charge in [0.1, 0.15) is 6.04 Å². The molecule has 146 valence electrons. The van der Waals surface area contributed by atoms with Gasteiger partial charge in [-0.2, -0.15) is 0 Å². The van der Waals surface area contributed by atoms with Crippen molar-refractivity contribution in [3.8, 4) is 0 Å². The number of fused-ring (bicyclic) bond motifs is 3. The number of anilines is 2. The lowest BCUT2D eigenvalue weighted by molar-refractivity contribution is -0.124. The van der Waals surface area contributed by atoms with Crippen LogP contribution in [0.2, 0.25) is 0 Å². The first-order chi connectivity index (χ1) is 13.2. The number of carbonyl (C=O) groups excluding carboxylic acids is 2. The smallest absolute Gasteiger partial charge is 0.255 e. The Morgan fingerprint density at radius 3 is 2.68 bits per heavy atom. The number of hydrogen-bond donors (Lipinski definition) is 3. The van der Waals surface area contributed by atoms with Crippen LogP contribution in [0, 0.1) is 5.92 Å². The van der Waals surface area contributed by atoms with E-state index >= 15 is 0 Å². The molecule has 2 aromatic carbocycles. The van der Waals surface area contributed by atoms with Crippen molar-refractivity contribution in [1.82, 2.24) is 5.32 Å².